The molecule has 0 atom stereocenters. The Bertz CT molecular complexity index is 1620. The number of fused-ring (bicyclic) bond motifs is 6. The highest BCUT2D eigenvalue weighted by Crippen LogP contribution is 2.40. The van der Waals surface area contributed by atoms with E-state index in [1.807, 2.05) is 54.6 Å². The van der Waals surface area contributed by atoms with Gasteiger partial charge >= 0.3 is 0 Å². The molecule has 0 saturated carbocycles. The van der Waals surface area contributed by atoms with Crippen molar-refractivity contribution in [3.63, 3.8) is 0 Å². The van der Waals surface area contributed by atoms with Crippen LogP contribution in [0.15, 0.2) is 78.9 Å². The summed E-state index contributed by atoms with van der Waals surface area (Å²) >= 11 is 1.72. The minimum atomic E-state index is 0.668. The van der Waals surface area contributed by atoms with Gasteiger partial charge in [0.25, 0.3) is 0 Å². The zero-order chi connectivity index (χ0) is 20.2. The number of hydrogen-bond acceptors (Lipinski definition) is 3. The molecule has 0 radical (unpaired) electrons. The summed E-state index contributed by atoms with van der Waals surface area (Å²) < 4.78 is 4.57. The van der Waals surface area contributed by atoms with E-state index in [9.17, 15) is 9.59 Å². The molecule has 0 bridgehead atoms. The maximum Gasteiger partial charge on any atom is 0.150 e. The fourth-order valence-electron chi connectivity index (χ4n) is 4.33. The first-order chi connectivity index (χ1) is 14.8. The lowest BCUT2D eigenvalue weighted by Crippen LogP contribution is -1.93. The fraction of sp³-hybridized carbons (Fsp3) is 0. The van der Waals surface area contributed by atoms with Gasteiger partial charge in [0.15, 0.2) is 0 Å². The Morgan fingerprint density at radius 3 is 2.03 bits per heavy atom. The number of hydrogen-bond donors (Lipinski definition) is 0. The molecule has 4 aromatic carbocycles. The Morgan fingerprint density at radius 2 is 1.27 bits per heavy atom. The van der Waals surface area contributed by atoms with Gasteiger partial charge in [-0.05, 0) is 54.6 Å². The van der Waals surface area contributed by atoms with Gasteiger partial charge in [-0.15, -0.1) is 11.3 Å². The lowest BCUT2D eigenvalue weighted by Gasteiger charge is -2.07. The van der Waals surface area contributed by atoms with Crippen LogP contribution in [-0.2, 0) is 0 Å². The third kappa shape index (κ3) is 2.38. The van der Waals surface area contributed by atoms with E-state index in [1.165, 1.54) is 4.70 Å². The number of benzene rings is 4. The first-order valence-corrected chi connectivity index (χ1v) is 10.5. The highest BCUT2D eigenvalue weighted by atomic mass is 32.1. The molecule has 0 fully saturated rings. The van der Waals surface area contributed by atoms with Gasteiger partial charge in [-0.1, -0.05) is 24.3 Å². The monoisotopic (exact) mass is 405 g/mol. The summed E-state index contributed by atoms with van der Waals surface area (Å²) in [6.45, 7) is 0. The molecule has 0 spiro atoms. The van der Waals surface area contributed by atoms with Gasteiger partial charge < -0.3 is 4.57 Å². The number of thiophene rings is 1. The molecular formula is C26H15NO2S. The topological polar surface area (TPSA) is 39.1 Å². The number of rotatable bonds is 3. The second-order valence-corrected chi connectivity index (χ2v) is 8.49. The van der Waals surface area contributed by atoms with Crippen molar-refractivity contribution in [2.24, 2.45) is 0 Å². The second-order valence-electron chi connectivity index (χ2n) is 7.41. The summed E-state index contributed by atoms with van der Waals surface area (Å²) in [6.07, 6.45) is 1.79. The molecule has 2 aromatic heterocycles. The maximum atomic E-state index is 11.4. The van der Waals surface area contributed by atoms with Crippen LogP contribution in [0.1, 0.15) is 20.7 Å². The SMILES string of the molecule is O=Cc1ccc2sc3cc4c5cc(C=O)ccc5n(-c5ccccc5)c4cc3c2c1. The van der Waals surface area contributed by atoms with E-state index in [2.05, 4.69) is 28.8 Å². The van der Waals surface area contributed by atoms with Gasteiger partial charge in [-0.2, -0.15) is 0 Å². The van der Waals surface area contributed by atoms with Crippen molar-refractivity contribution in [1.82, 2.24) is 4.57 Å². The summed E-state index contributed by atoms with van der Waals surface area (Å²) in [7, 11) is 0. The molecule has 142 valence electrons. The van der Waals surface area contributed by atoms with Crippen LogP contribution in [0.3, 0.4) is 0 Å². The minimum absolute atomic E-state index is 0.668. The van der Waals surface area contributed by atoms with E-state index < -0.39 is 0 Å². The van der Waals surface area contributed by atoms with E-state index in [4.69, 9.17) is 0 Å². The zero-order valence-electron chi connectivity index (χ0n) is 15.8. The van der Waals surface area contributed by atoms with E-state index in [0.717, 1.165) is 55.5 Å². The van der Waals surface area contributed by atoms with Gasteiger partial charge in [0.1, 0.15) is 12.6 Å². The van der Waals surface area contributed by atoms with Gasteiger partial charge in [-0.3, -0.25) is 9.59 Å². The van der Waals surface area contributed by atoms with Crippen molar-refractivity contribution < 1.29 is 9.59 Å². The summed E-state index contributed by atoms with van der Waals surface area (Å²) in [5.41, 5.74) is 4.58. The number of para-hydroxylation sites is 1. The molecule has 0 aliphatic rings. The van der Waals surface area contributed by atoms with Crippen LogP contribution in [0.25, 0.3) is 47.7 Å². The summed E-state index contributed by atoms with van der Waals surface area (Å²) in [4.78, 5) is 22.7. The lowest BCUT2D eigenvalue weighted by atomic mass is 10.1. The summed E-state index contributed by atoms with van der Waals surface area (Å²) in [5.74, 6) is 0. The van der Waals surface area contributed by atoms with Crippen LogP contribution in [-0.4, -0.2) is 17.1 Å². The number of carbonyl (C=O) groups excluding carboxylic acids is 2. The quantitative estimate of drug-likeness (QED) is 0.305. The molecule has 6 aromatic rings. The molecule has 0 amide bonds. The van der Waals surface area contributed by atoms with E-state index in [0.29, 0.717) is 11.1 Å². The first-order valence-electron chi connectivity index (χ1n) is 9.67. The average molecular weight is 405 g/mol. The lowest BCUT2D eigenvalue weighted by molar-refractivity contribution is 0.111. The molecule has 0 aliphatic carbocycles. The zero-order valence-corrected chi connectivity index (χ0v) is 16.6. The molecule has 2 heterocycles. The van der Waals surface area contributed by atoms with Gasteiger partial charge in [0, 0.05) is 47.8 Å². The van der Waals surface area contributed by atoms with Crippen LogP contribution in [0.2, 0.25) is 0 Å². The number of aldehydes is 2. The van der Waals surface area contributed by atoms with E-state index in [1.54, 1.807) is 11.3 Å². The van der Waals surface area contributed by atoms with Crippen LogP contribution >= 0.6 is 11.3 Å². The minimum Gasteiger partial charge on any atom is -0.309 e. The number of carbonyl (C=O) groups is 2. The molecule has 0 unspecified atom stereocenters. The van der Waals surface area contributed by atoms with Crippen molar-refractivity contribution in [2.75, 3.05) is 0 Å². The average Bonchev–Trinajstić information content (AvgIpc) is 3.31. The molecule has 0 N–H and O–H groups in total. The fourth-order valence-corrected chi connectivity index (χ4v) is 5.43. The van der Waals surface area contributed by atoms with Crippen molar-refractivity contribution in [2.45, 2.75) is 0 Å². The van der Waals surface area contributed by atoms with Crippen LogP contribution in [0.4, 0.5) is 0 Å². The van der Waals surface area contributed by atoms with Crippen molar-refractivity contribution in [3.8, 4) is 5.69 Å². The highest BCUT2D eigenvalue weighted by molar-refractivity contribution is 7.25. The molecular weight excluding hydrogens is 390 g/mol. The predicted molar refractivity (Wildman–Crippen MR) is 124 cm³/mol. The second kappa shape index (κ2) is 6.37. The van der Waals surface area contributed by atoms with Crippen molar-refractivity contribution in [1.29, 1.82) is 0 Å². The Balaban J connectivity index is 1.82. The van der Waals surface area contributed by atoms with Crippen LogP contribution in [0, 0.1) is 0 Å². The third-order valence-corrected chi connectivity index (χ3v) is 6.82. The van der Waals surface area contributed by atoms with Crippen LogP contribution < -0.4 is 0 Å². The van der Waals surface area contributed by atoms with Crippen molar-refractivity contribution in [3.05, 3.63) is 90.0 Å². The van der Waals surface area contributed by atoms with Gasteiger partial charge in [0.05, 0.1) is 11.0 Å². The third-order valence-electron chi connectivity index (χ3n) is 5.69. The Labute approximate surface area is 175 Å². The molecule has 3 nitrogen and oxygen atoms in total. The number of aromatic nitrogens is 1. The number of nitrogens with zero attached hydrogens (tertiary/aromatic N) is 1. The maximum absolute atomic E-state index is 11.4. The Kier molecular flexibility index (Phi) is 3.64. The van der Waals surface area contributed by atoms with Gasteiger partial charge in [0.2, 0.25) is 0 Å². The molecule has 30 heavy (non-hydrogen) atoms. The molecule has 0 aliphatic heterocycles. The highest BCUT2D eigenvalue weighted by Gasteiger charge is 2.16. The molecule has 6 rings (SSSR count). The summed E-state index contributed by atoms with van der Waals surface area (Å²) in [6, 6.07) is 26.4. The van der Waals surface area contributed by atoms with E-state index >= 15 is 0 Å². The Morgan fingerprint density at radius 1 is 0.600 bits per heavy atom. The standard InChI is InChI=1S/C26H15NO2S/c28-14-16-6-8-23-19(10-16)20-13-26-22(21-11-17(15-29)7-9-25(21)30-26)12-24(20)27(23)18-4-2-1-3-5-18/h1-15H. The first kappa shape index (κ1) is 17.1. The normalized spacial score (nSPS) is 11.6. The van der Waals surface area contributed by atoms with Gasteiger partial charge in [-0.25, -0.2) is 0 Å². The predicted octanol–water partition coefficient (Wildman–Crippen LogP) is 6.78. The van der Waals surface area contributed by atoms with E-state index in [-0.39, 0.29) is 0 Å². The Hall–Kier alpha value is -3.76. The molecule has 0 saturated heterocycles. The van der Waals surface area contributed by atoms with Crippen LogP contribution in [0.5, 0.6) is 0 Å². The summed E-state index contributed by atoms with van der Waals surface area (Å²) in [5, 5.41) is 4.42. The van der Waals surface area contributed by atoms with Crippen molar-refractivity contribution >= 4 is 65.9 Å². The largest absolute Gasteiger partial charge is 0.309 e. The molecule has 4 heteroatoms. The smallest absolute Gasteiger partial charge is 0.150 e.